The summed E-state index contributed by atoms with van der Waals surface area (Å²) < 4.78 is 5.22. The molecule has 1 aliphatic heterocycles. The fraction of sp³-hybridized carbons (Fsp3) is 0.429. The molecule has 3 N–H and O–H groups in total. The predicted octanol–water partition coefficient (Wildman–Crippen LogP) is 1.69. The Balaban J connectivity index is 1.67. The lowest BCUT2D eigenvalue weighted by Gasteiger charge is -2.03. The third-order valence-corrected chi connectivity index (χ3v) is 3.63. The highest BCUT2D eigenvalue weighted by molar-refractivity contribution is 5.59. The third-order valence-electron chi connectivity index (χ3n) is 3.63. The van der Waals surface area contributed by atoms with Gasteiger partial charge in [-0.25, -0.2) is 0 Å². The van der Waals surface area contributed by atoms with Gasteiger partial charge in [-0.05, 0) is 50.0 Å². The molecule has 0 spiro atoms. The largest absolute Gasteiger partial charge is 0.504 e. The van der Waals surface area contributed by atoms with E-state index >= 15 is 0 Å². The number of aromatic nitrogens is 2. The standard InChI is InChI=1S/C14H17N3O3/c18-11-3-2-10(7-12(11)19)14-16-13(20-17-14)4-1-9-5-6-15-8-9/h2-3,7,9,15,18-19H,1,4-6,8H2. The number of phenols is 2. The SMILES string of the molecule is Oc1ccc(-c2noc(CCC3CCNC3)n2)cc1O. The van der Waals surface area contributed by atoms with Crippen molar-refractivity contribution in [2.45, 2.75) is 19.3 Å². The van der Waals surface area contributed by atoms with Crippen LogP contribution in [0.5, 0.6) is 11.5 Å². The van der Waals surface area contributed by atoms with Crippen LogP contribution in [-0.4, -0.2) is 33.4 Å². The number of rotatable bonds is 4. The van der Waals surface area contributed by atoms with Crippen LogP contribution in [-0.2, 0) is 6.42 Å². The van der Waals surface area contributed by atoms with E-state index in [1.165, 1.54) is 18.6 Å². The van der Waals surface area contributed by atoms with Gasteiger partial charge in [-0.1, -0.05) is 5.16 Å². The molecule has 6 heteroatoms. The second kappa shape index (κ2) is 5.50. The Hall–Kier alpha value is -2.08. The molecule has 1 fully saturated rings. The van der Waals surface area contributed by atoms with Crippen molar-refractivity contribution >= 4 is 0 Å². The van der Waals surface area contributed by atoms with E-state index in [0.717, 1.165) is 25.9 Å². The van der Waals surface area contributed by atoms with Crippen molar-refractivity contribution < 1.29 is 14.7 Å². The van der Waals surface area contributed by atoms with E-state index in [4.69, 9.17) is 4.52 Å². The summed E-state index contributed by atoms with van der Waals surface area (Å²) in [6.45, 7) is 2.15. The Labute approximate surface area is 116 Å². The van der Waals surface area contributed by atoms with E-state index in [1.807, 2.05) is 0 Å². The number of benzene rings is 1. The molecule has 1 atom stereocenters. The number of aryl methyl sites for hydroxylation is 1. The van der Waals surface area contributed by atoms with Crippen LogP contribution >= 0.6 is 0 Å². The van der Waals surface area contributed by atoms with E-state index in [-0.39, 0.29) is 11.5 Å². The molecule has 3 rings (SSSR count). The molecule has 2 heterocycles. The van der Waals surface area contributed by atoms with Gasteiger partial charge in [-0.3, -0.25) is 0 Å². The van der Waals surface area contributed by atoms with Crippen molar-refractivity contribution in [1.29, 1.82) is 0 Å². The zero-order valence-corrected chi connectivity index (χ0v) is 11.0. The average Bonchev–Trinajstić information content (AvgIpc) is 3.10. The van der Waals surface area contributed by atoms with Crippen LogP contribution in [0, 0.1) is 5.92 Å². The Bertz CT molecular complexity index is 591. The van der Waals surface area contributed by atoms with Crippen molar-refractivity contribution in [3.63, 3.8) is 0 Å². The minimum absolute atomic E-state index is 0.161. The average molecular weight is 275 g/mol. The third kappa shape index (κ3) is 2.75. The van der Waals surface area contributed by atoms with E-state index in [1.54, 1.807) is 6.07 Å². The van der Waals surface area contributed by atoms with Crippen molar-refractivity contribution in [2.24, 2.45) is 5.92 Å². The minimum Gasteiger partial charge on any atom is -0.504 e. The van der Waals surface area contributed by atoms with Gasteiger partial charge in [0.1, 0.15) is 0 Å². The lowest BCUT2D eigenvalue weighted by atomic mass is 10.0. The normalized spacial score (nSPS) is 18.5. The zero-order valence-electron chi connectivity index (χ0n) is 11.0. The number of aromatic hydroxyl groups is 2. The van der Waals surface area contributed by atoms with E-state index in [2.05, 4.69) is 15.5 Å². The van der Waals surface area contributed by atoms with Crippen molar-refractivity contribution in [2.75, 3.05) is 13.1 Å². The van der Waals surface area contributed by atoms with Crippen LogP contribution < -0.4 is 5.32 Å². The summed E-state index contributed by atoms with van der Waals surface area (Å²) in [6.07, 6.45) is 3.01. The maximum Gasteiger partial charge on any atom is 0.226 e. The first kappa shape index (κ1) is 12.9. The van der Waals surface area contributed by atoms with Crippen LogP contribution in [0.15, 0.2) is 22.7 Å². The molecule has 1 unspecified atom stereocenters. The van der Waals surface area contributed by atoms with Crippen molar-refractivity contribution in [3.05, 3.63) is 24.1 Å². The smallest absolute Gasteiger partial charge is 0.226 e. The van der Waals surface area contributed by atoms with Crippen LogP contribution in [0.3, 0.4) is 0 Å². The van der Waals surface area contributed by atoms with Gasteiger partial charge < -0.3 is 20.1 Å². The lowest BCUT2D eigenvalue weighted by molar-refractivity contribution is 0.365. The van der Waals surface area contributed by atoms with Crippen molar-refractivity contribution in [1.82, 2.24) is 15.5 Å². The number of hydrogen-bond acceptors (Lipinski definition) is 6. The summed E-state index contributed by atoms with van der Waals surface area (Å²) >= 11 is 0. The fourth-order valence-corrected chi connectivity index (χ4v) is 2.42. The first-order chi connectivity index (χ1) is 9.72. The van der Waals surface area contributed by atoms with Gasteiger partial charge in [0.15, 0.2) is 11.5 Å². The summed E-state index contributed by atoms with van der Waals surface area (Å²) in [4.78, 5) is 4.32. The molecule has 20 heavy (non-hydrogen) atoms. The Morgan fingerprint density at radius 2 is 2.20 bits per heavy atom. The maximum atomic E-state index is 9.47. The molecule has 0 aliphatic carbocycles. The van der Waals surface area contributed by atoms with Crippen LogP contribution in [0.25, 0.3) is 11.4 Å². The molecule has 1 aromatic carbocycles. The first-order valence-corrected chi connectivity index (χ1v) is 6.78. The molecular weight excluding hydrogens is 258 g/mol. The number of hydrogen-bond donors (Lipinski definition) is 3. The molecule has 0 amide bonds. The monoisotopic (exact) mass is 275 g/mol. The second-order valence-electron chi connectivity index (χ2n) is 5.11. The highest BCUT2D eigenvalue weighted by atomic mass is 16.5. The highest BCUT2D eigenvalue weighted by Crippen LogP contribution is 2.29. The van der Waals surface area contributed by atoms with Gasteiger partial charge in [-0.2, -0.15) is 4.98 Å². The molecule has 1 aromatic heterocycles. The number of nitrogens with zero attached hydrogens (tertiary/aromatic N) is 2. The lowest BCUT2D eigenvalue weighted by Crippen LogP contribution is -2.09. The molecule has 2 aromatic rings. The Morgan fingerprint density at radius 1 is 1.30 bits per heavy atom. The zero-order chi connectivity index (χ0) is 13.9. The summed E-state index contributed by atoms with van der Waals surface area (Å²) in [6, 6.07) is 4.47. The second-order valence-corrected chi connectivity index (χ2v) is 5.11. The molecule has 6 nitrogen and oxygen atoms in total. The summed E-state index contributed by atoms with van der Waals surface area (Å²) in [5.74, 6) is 1.37. The fourth-order valence-electron chi connectivity index (χ4n) is 2.42. The van der Waals surface area contributed by atoms with Gasteiger partial charge in [-0.15, -0.1) is 0 Å². The summed E-state index contributed by atoms with van der Waals surface area (Å²) in [5.41, 5.74) is 0.623. The van der Waals surface area contributed by atoms with Gasteiger partial charge in [0.2, 0.25) is 11.7 Å². The maximum absolute atomic E-state index is 9.47. The first-order valence-electron chi connectivity index (χ1n) is 6.78. The predicted molar refractivity (Wildman–Crippen MR) is 72.4 cm³/mol. The molecule has 0 radical (unpaired) electrons. The van der Waals surface area contributed by atoms with Crippen LogP contribution in [0.2, 0.25) is 0 Å². The van der Waals surface area contributed by atoms with Crippen LogP contribution in [0.1, 0.15) is 18.7 Å². The van der Waals surface area contributed by atoms with Gasteiger partial charge in [0.25, 0.3) is 0 Å². The quantitative estimate of drug-likeness (QED) is 0.735. The molecular formula is C14H17N3O3. The minimum atomic E-state index is -0.189. The van der Waals surface area contributed by atoms with E-state index < -0.39 is 0 Å². The van der Waals surface area contributed by atoms with Crippen molar-refractivity contribution in [3.8, 4) is 22.9 Å². The molecule has 106 valence electrons. The summed E-state index contributed by atoms with van der Waals surface area (Å²) in [7, 11) is 0. The molecule has 0 bridgehead atoms. The molecule has 1 saturated heterocycles. The Morgan fingerprint density at radius 3 is 2.95 bits per heavy atom. The number of nitrogens with one attached hydrogen (secondary N) is 1. The topological polar surface area (TPSA) is 91.4 Å². The van der Waals surface area contributed by atoms with Gasteiger partial charge in [0, 0.05) is 12.0 Å². The molecule has 1 aliphatic rings. The van der Waals surface area contributed by atoms with Gasteiger partial charge >= 0.3 is 0 Å². The van der Waals surface area contributed by atoms with E-state index in [9.17, 15) is 10.2 Å². The van der Waals surface area contributed by atoms with Gasteiger partial charge in [0.05, 0.1) is 0 Å². The summed E-state index contributed by atoms with van der Waals surface area (Å²) in [5, 5.41) is 26.0. The Kier molecular flexibility index (Phi) is 3.56. The highest BCUT2D eigenvalue weighted by Gasteiger charge is 2.16. The number of phenolic OH excluding ortho intramolecular Hbond substituents is 2. The molecule has 0 saturated carbocycles. The van der Waals surface area contributed by atoms with E-state index in [0.29, 0.717) is 23.2 Å². The van der Waals surface area contributed by atoms with Crippen LogP contribution in [0.4, 0.5) is 0 Å².